The average molecular weight is 241 g/mol. The molecule has 1 heterocycles. The molecule has 1 aliphatic rings. The standard InChI is InChI=1S/C12H19NO2S/c1-8-9(2)16-11(13-8)7-10(14)12(15)5-3-4-6-12/h10,14-15H,3-7H2,1-2H3. The van der Waals surface area contributed by atoms with Gasteiger partial charge in [-0.05, 0) is 26.7 Å². The third-order valence-electron chi connectivity index (χ3n) is 3.53. The first-order valence-corrected chi connectivity index (χ1v) is 6.66. The van der Waals surface area contributed by atoms with Crippen LogP contribution in [0.4, 0.5) is 0 Å². The Morgan fingerprint density at radius 1 is 1.38 bits per heavy atom. The molecule has 2 N–H and O–H groups in total. The molecule has 0 spiro atoms. The minimum atomic E-state index is -0.868. The smallest absolute Gasteiger partial charge is 0.0957 e. The average Bonchev–Trinajstić information content (AvgIpc) is 2.76. The largest absolute Gasteiger partial charge is 0.390 e. The van der Waals surface area contributed by atoms with Crippen LogP contribution < -0.4 is 0 Å². The first-order valence-electron chi connectivity index (χ1n) is 5.84. The van der Waals surface area contributed by atoms with E-state index < -0.39 is 11.7 Å². The van der Waals surface area contributed by atoms with Gasteiger partial charge in [-0.2, -0.15) is 0 Å². The summed E-state index contributed by atoms with van der Waals surface area (Å²) >= 11 is 1.62. The van der Waals surface area contributed by atoms with Crippen molar-refractivity contribution in [2.24, 2.45) is 0 Å². The lowest BCUT2D eigenvalue weighted by molar-refractivity contribution is -0.0689. The van der Waals surface area contributed by atoms with Gasteiger partial charge in [-0.1, -0.05) is 12.8 Å². The van der Waals surface area contributed by atoms with E-state index in [1.165, 1.54) is 4.88 Å². The van der Waals surface area contributed by atoms with Gasteiger partial charge in [0.2, 0.25) is 0 Å². The van der Waals surface area contributed by atoms with Crippen molar-refractivity contribution in [2.45, 2.75) is 57.7 Å². The van der Waals surface area contributed by atoms with Crippen LogP contribution in [0.5, 0.6) is 0 Å². The Bertz CT molecular complexity index is 350. The molecule has 0 saturated heterocycles. The molecule has 4 heteroatoms. The second kappa shape index (κ2) is 4.43. The fraction of sp³-hybridized carbons (Fsp3) is 0.750. The predicted molar refractivity (Wildman–Crippen MR) is 64.7 cm³/mol. The van der Waals surface area contributed by atoms with Crippen molar-refractivity contribution in [3.8, 4) is 0 Å². The molecule has 16 heavy (non-hydrogen) atoms. The molecule has 0 radical (unpaired) electrons. The molecule has 2 rings (SSSR count). The lowest BCUT2D eigenvalue weighted by Gasteiger charge is -2.27. The molecule has 0 bridgehead atoms. The van der Waals surface area contributed by atoms with Gasteiger partial charge < -0.3 is 10.2 Å². The topological polar surface area (TPSA) is 53.4 Å². The summed E-state index contributed by atoms with van der Waals surface area (Å²) in [5, 5.41) is 21.2. The molecule has 1 saturated carbocycles. The van der Waals surface area contributed by atoms with Crippen LogP contribution >= 0.6 is 11.3 Å². The van der Waals surface area contributed by atoms with Gasteiger partial charge in [0, 0.05) is 11.3 Å². The Morgan fingerprint density at radius 3 is 2.50 bits per heavy atom. The first kappa shape index (κ1) is 12.0. The molecular formula is C12H19NO2S. The van der Waals surface area contributed by atoms with Crippen LogP contribution in [0.1, 0.15) is 41.3 Å². The van der Waals surface area contributed by atoms with E-state index in [-0.39, 0.29) is 0 Å². The minimum Gasteiger partial charge on any atom is -0.390 e. The number of nitrogens with zero attached hydrogens (tertiary/aromatic N) is 1. The Hall–Kier alpha value is -0.450. The molecule has 1 unspecified atom stereocenters. The lowest BCUT2D eigenvalue weighted by Crippen LogP contribution is -2.40. The van der Waals surface area contributed by atoms with Crippen molar-refractivity contribution in [1.29, 1.82) is 0 Å². The molecule has 0 aliphatic heterocycles. The molecule has 0 aromatic carbocycles. The molecule has 90 valence electrons. The van der Waals surface area contributed by atoms with Crippen molar-refractivity contribution in [3.63, 3.8) is 0 Å². The monoisotopic (exact) mass is 241 g/mol. The van der Waals surface area contributed by atoms with E-state index >= 15 is 0 Å². The normalized spacial score (nSPS) is 21.2. The van der Waals surface area contributed by atoms with Crippen molar-refractivity contribution < 1.29 is 10.2 Å². The van der Waals surface area contributed by atoms with Gasteiger partial charge in [-0.15, -0.1) is 11.3 Å². The van der Waals surface area contributed by atoms with E-state index in [2.05, 4.69) is 4.98 Å². The highest BCUT2D eigenvalue weighted by Gasteiger charge is 2.38. The highest BCUT2D eigenvalue weighted by molar-refractivity contribution is 7.11. The fourth-order valence-electron chi connectivity index (χ4n) is 2.30. The molecular weight excluding hydrogens is 222 g/mol. The van der Waals surface area contributed by atoms with Crippen LogP contribution in [-0.2, 0) is 6.42 Å². The summed E-state index contributed by atoms with van der Waals surface area (Å²) in [7, 11) is 0. The number of hydrogen-bond donors (Lipinski definition) is 2. The number of aliphatic hydroxyl groups excluding tert-OH is 1. The summed E-state index contributed by atoms with van der Waals surface area (Å²) in [6.07, 6.45) is 3.29. The van der Waals surface area contributed by atoms with Crippen molar-refractivity contribution in [2.75, 3.05) is 0 Å². The fourth-order valence-corrected chi connectivity index (χ4v) is 3.27. The zero-order valence-electron chi connectivity index (χ0n) is 9.86. The number of aromatic nitrogens is 1. The lowest BCUT2D eigenvalue weighted by atomic mass is 9.93. The van der Waals surface area contributed by atoms with Crippen LogP contribution in [0.15, 0.2) is 0 Å². The van der Waals surface area contributed by atoms with Gasteiger partial charge in [-0.25, -0.2) is 4.98 Å². The summed E-state index contributed by atoms with van der Waals surface area (Å²) in [6.45, 7) is 4.01. The highest BCUT2D eigenvalue weighted by atomic mass is 32.1. The van der Waals surface area contributed by atoms with E-state index in [4.69, 9.17) is 0 Å². The quantitative estimate of drug-likeness (QED) is 0.850. The van der Waals surface area contributed by atoms with Crippen molar-refractivity contribution in [1.82, 2.24) is 4.98 Å². The van der Waals surface area contributed by atoms with Gasteiger partial charge in [0.05, 0.1) is 22.4 Å². The number of thiazole rings is 1. The molecule has 0 amide bonds. The molecule has 1 fully saturated rings. The summed E-state index contributed by atoms with van der Waals surface area (Å²) in [5.41, 5.74) is 0.165. The second-order valence-electron chi connectivity index (χ2n) is 4.78. The number of aryl methyl sites for hydroxylation is 2. The predicted octanol–water partition coefficient (Wildman–Crippen LogP) is 1.97. The van der Waals surface area contributed by atoms with Crippen LogP contribution in [-0.4, -0.2) is 26.9 Å². The maximum atomic E-state index is 10.2. The van der Waals surface area contributed by atoms with E-state index in [1.54, 1.807) is 11.3 Å². The van der Waals surface area contributed by atoms with Crippen LogP contribution in [0.3, 0.4) is 0 Å². The van der Waals surface area contributed by atoms with Crippen molar-refractivity contribution in [3.05, 3.63) is 15.6 Å². The summed E-state index contributed by atoms with van der Waals surface area (Å²) in [4.78, 5) is 5.60. The maximum Gasteiger partial charge on any atom is 0.0957 e. The first-order chi connectivity index (χ1) is 7.51. The van der Waals surface area contributed by atoms with E-state index in [0.717, 1.165) is 36.4 Å². The maximum absolute atomic E-state index is 10.2. The van der Waals surface area contributed by atoms with E-state index in [1.807, 2.05) is 13.8 Å². The molecule has 1 aliphatic carbocycles. The van der Waals surface area contributed by atoms with E-state index in [0.29, 0.717) is 6.42 Å². The highest BCUT2D eigenvalue weighted by Crippen LogP contribution is 2.34. The molecule has 1 aromatic heterocycles. The van der Waals surface area contributed by atoms with Gasteiger partial charge in [0.25, 0.3) is 0 Å². The molecule has 1 atom stereocenters. The zero-order valence-corrected chi connectivity index (χ0v) is 10.7. The molecule has 3 nitrogen and oxygen atoms in total. The Morgan fingerprint density at radius 2 is 2.00 bits per heavy atom. The number of rotatable bonds is 3. The zero-order chi connectivity index (χ0) is 11.8. The Balaban J connectivity index is 2.04. The minimum absolute atomic E-state index is 0.482. The summed E-state index contributed by atoms with van der Waals surface area (Å²) < 4.78 is 0. The molecule has 1 aromatic rings. The van der Waals surface area contributed by atoms with Gasteiger partial charge in [-0.3, -0.25) is 0 Å². The van der Waals surface area contributed by atoms with Crippen LogP contribution in [0.2, 0.25) is 0 Å². The number of hydrogen-bond acceptors (Lipinski definition) is 4. The van der Waals surface area contributed by atoms with Gasteiger partial charge >= 0.3 is 0 Å². The van der Waals surface area contributed by atoms with Crippen LogP contribution in [0, 0.1) is 13.8 Å². The Labute approximate surface area is 100 Å². The summed E-state index contributed by atoms with van der Waals surface area (Å²) in [6, 6.07) is 0. The van der Waals surface area contributed by atoms with Crippen LogP contribution in [0.25, 0.3) is 0 Å². The van der Waals surface area contributed by atoms with Crippen molar-refractivity contribution >= 4 is 11.3 Å². The number of aliphatic hydroxyl groups is 2. The Kier molecular flexibility index (Phi) is 3.33. The summed E-state index contributed by atoms with van der Waals surface area (Å²) in [5.74, 6) is 0. The van der Waals surface area contributed by atoms with E-state index in [9.17, 15) is 10.2 Å². The van der Waals surface area contributed by atoms with Gasteiger partial charge in [0.1, 0.15) is 0 Å². The second-order valence-corrected chi connectivity index (χ2v) is 6.07. The third-order valence-corrected chi connectivity index (χ3v) is 4.63. The third kappa shape index (κ3) is 2.29. The SMILES string of the molecule is Cc1nc(CC(O)C2(O)CCCC2)sc1C. The van der Waals surface area contributed by atoms with Gasteiger partial charge in [0.15, 0.2) is 0 Å².